The number of carbonyl (C=O) groups excluding carboxylic acids is 1. The first-order chi connectivity index (χ1) is 28.5. The molecule has 3 saturated heterocycles. The lowest BCUT2D eigenvalue weighted by Gasteiger charge is -2.34. The number of nitrogens with zero attached hydrogens (tertiary/aromatic N) is 7. The topological polar surface area (TPSA) is 149 Å². The van der Waals surface area contributed by atoms with Crippen LogP contribution < -0.4 is 39.4 Å². The summed E-state index contributed by atoms with van der Waals surface area (Å²) in [7, 11) is 6.57. The third kappa shape index (κ3) is 10.2. The molecule has 4 aromatic rings. The Hall–Kier alpha value is -5.21. The van der Waals surface area contributed by atoms with E-state index in [0.717, 1.165) is 97.2 Å². The van der Waals surface area contributed by atoms with Crippen molar-refractivity contribution in [3.8, 4) is 23.0 Å². The van der Waals surface area contributed by atoms with Gasteiger partial charge in [0, 0.05) is 74.3 Å². The van der Waals surface area contributed by atoms with Crippen molar-refractivity contribution in [3.63, 3.8) is 0 Å². The lowest BCUT2D eigenvalue weighted by atomic mass is 9.95. The van der Waals surface area contributed by atoms with E-state index in [-0.39, 0.29) is 12.1 Å². The van der Waals surface area contributed by atoms with Crippen LogP contribution in [-0.2, 0) is 4.74 Å². The van der Waals surface area contributed by atoms with Gasteiger partial charge in [-0.1, -0.05) is 19.3 Å². The Morgan fingerprint density at radius 1 is 0.576 bits per heavy atom. The molecular formula is C44H63N9O6. The van der Waals surface area contributed by atoms with E-state index >= 15 is 0 Å². The monoisotopic (exact) mass is 813 g/mol. The Labute approximate surface area is 348 Å². The largest absolute Gasteiger partial charge is 0.493 e. The Morgan fingerprint density at radius 3 is 1.47 bits per heavy atom. The van der Waals surface area contributed by atoms with E-state index < -0.39 is 5.60 Å². The third-order valence-electron chi connectivity index (χ3n) is 11.5. The van der Waals surface area contributed by atoms with E-state index in [9.17, 15) is 4.79 Å². The van der Waals surface area contributed by atoms with Crippen LogP contribution in [0.2, 0.25) is 0 Å². The number of methoxy groups -OCH3 is 4. The predicted octanol–water partition coefficient (Wildman–Crippen LogP) is 8.05. The number of hydrogen-bond acceptors (Lipinski definition) is 14. The van der Waals surface area contributed by atoms with Crippen molar-refractivity contribution >= 4 is 51.4 Å². The molecule has 59 heavy (non-hydrogen) atoms. The van der Waals surface area contributed by atoms with Crippen molar-refractivity contribution in [2.24, 2.45) is 0 Å². The van der Waals surface area contributed by atoms with Gasteiger partial charge in [-0.05, 0) is 84.3 Å². The first kappa shape index (κ1) is 41.9. The number of benzene rings is 2. The first-order valence-electron chi connectivity index (χ1n) is 21.4. The molecule has 1 saturated carbocycles. The molecule has 8 rings (SSSR count). The molecule has 1 atom stereocenters. The van der Waals surface area contributed by atoms with E-state index in [1.807, 2.05) is 45.0 Å². The fraction of sp³-hybridized carbons (Fsp3) is 0.614. The number of piperidine rings is 1. The number of anilines is 4. The van der Waals surface area contributed by atoms with E-state index in [0.29, 0.717) is 42.1 Å². The summed E-state index contributed by atoms with van der Waals surface area (Å²) in [5.74, 6) is 5.89. The van der Waals surface area contributed by atoms with Gasteiger partial charge in [0.1, 0.15) is 17.2 Å². The summed E-state index contributed by atoms with van der Waals surface area (Å²) < 4.78 is 27.6. The molecule has 0 spiro atoms. The summed E-state index contributed by atoms with van der Waals surface area (Å²) in [5, 5.41) is 9.17. The van der Waals surface area contributed by atoms with Gasteiger partial charge >= 0.3 is 6.09 Å². The normalized spacial score (nSPS) is 18.7. The van der Waals surface area contributed by atoms with Gasteiger partial charge in [0.05, 0.1) is 39.5 Å². The maximum Gasteiger partial charge on any atom is 0.410 e. The minimum absolute atomic E-state index is 0.0592. The van der Waals surface area contributed by atoms with E-state index in [1.165, 1.54) is 44.9 Å². The molecule has 320 valence electrons. The van der Waals surface area contributed by atoms with Crippen molar-refractivity contribution in [2.75, 3.05) is 88.1 Å². The summed E-state index contributed by atoms with van der Waals surface area (Å²) in [4.78, 5) is 38.4. The van der Waals surface area contributed by atoms with Gasteiger partial charge in [-0.3, -0.25) is 0 Å². The molecule has 2 aromatic heterocycles. The van der Waals surface area contributed by atoms with Crippen LogP contribution in [-0.4, -0.2) is 116 Å². The molecule has 1 aliphatic carbocycles. The average molecular weight is 814 g/mol. The van der Waals surface area contributed by atoms with Crippen molar-refractivity contribution in [2.45, 2.75) is 109 Å². The van der Waals surface area contributed by atoms with Crippen LogP contribution in [0.1, 0.15) is 91.4 Å². The SMILES string of the molecule is COc1cc2nc(N3CCCC3)nc(NC3CCCCC3)c2cc1OC.COc1cc2nc(N3CCCC3)nc(N[C@@H]3CCCN(C(=O)OC(C)(C)C)C3)c2cc1OC. The van der Waals surface area contributed by atoms with E-state index in [1.54, 1.807) is 33.3 Å². The average Bonchev–Trinajstić information content (AvgIpc) is 3.99. The molecule has 1 amide bonds. The van der Waals surface area contributed by atoms with E-state index in [4.69, 9.17) is 43.6 Å². The summed E-state index contributed by atoms with van der Waals surface area (Å²) in [6, 6.07) is 8.31. The summed E-state index contributed by atoms with van der Waals surface area (Å²) in [5.41, 5.74) is 1.19. The fourth-order valence-electron chi connectivity index (χ4n) is 8.44. The van der Waals surface area contributed by atoms with Crippen molar-refractivity contribution in [3.05, 3.63) is 24.3 Å². The van der Waals surface area contributed by atoms with Crippen LogP contribution in [0, 0.1) is 0 Å². The van der Waals surface area contributed by atoms with Crippen LogP contribution in [0.15, 0.2) is 24.3 Å². The molecule has 2 aromatic carbocycles. The molecule has 15 nitrogen and oxygen atoms in total. The summed E-state index contributed by atoms with van der Waals surface area (Å²) in [6.07, 6.45) is 12.6. The van der Waals surface area contributed by atoms with Crippen molar-refractivity contribution in [1.29, 1.82) is 0 Å². The first-order valence-corrected chi connectivity index (χ1v) is 21.4. The second-order valence-electron chi connectivity index (χ2n) is 17.0. The highest BCUT2D eigenvalue weighted by atomic mass is 16.6. The van der Waals surface area contributed by atoms with Gasteiger partial charge in [0.15, 0.2) is 23.0 Å². The van der Waals surface area contributed by atoms with Crippen LogP contribution >= 0.6 is 0 Å². The number of carbonyl (C=O) groups is 1. The Bertz CT molecular complexity index is 2060. The molecule has 3 aliphatic heterocycles. The summed E-state index contributed by atoms with van der Waals surface area (Å²) >= 11 is 0. The number of amides is 1. The van der Waals surface area contributed by atoms with Crippen molar-refractivity contribution < 1.29 is 28.5 Å². The van der Waals surface area contributed by atoms with Gasteiger partial charge in [0.25, 0.3) is 0 Å². The lowest BCUT2D eigenvalue weighted by molar-refractivity contribution is 0.0206. The standard InChI is InChI=1S/C24H35N5O4.C20H28N4O2/c1-24(2,3)33-23(30)29-12-8-9-16(15-29)25-21-17-13-19(31-4)20(32-5)14-18(17)26-22(27-21)28-10-6-7-11-28;1-25-17-12-15-16(13-18(17)26-2)22-20(24-10-6-7-11-24)23-19(15)21-14-8-4-3-5-9-14/h13-14,16H,6-12,15H2,1-5H3,(H,25,26,27);12-14H,3-11H2,1-2H3,(H,21,22,23)/t16-;/m1./s1. The Balaban J connectivity index is 0.000000184. The maximum absolute atomic E-state index is 12.6. The minimum Gasteiger partial charge on any atom is -0.493 e. The second-order valence-corrected chi connectivity index (χ2v) is 17.0. The van der Waals surface area contributed by atoms with Crippen LogP contribution in [0.25, 0.3) is 21.8 Å². The number of hydrogen-bond donors (Lipinski definition) is 2. The van der Waals surface area contributed by atoms with Gasteiger partial charge in [-0.2, -0.15) is 9.97 Å². The van der Waals surface area contributed by atoms with Gasteiger partial charge in [-0.25, -0.2) is 14.8 Å². The number of ether oxygens (including phenoxy) is 5. The van der Waals surface area contributed by atoms with Crippen molar-refractivity contribution in [1.82, 2.24) is 24.8 Å². The third-order valence-corrected chi connectivity index (χ3v) is 11.5. The molecule has 5 heterocycles. The number of aromatic nitrogens is 4. The lowest BCUT2D eigenvalue weighted by Crippen LogP contribution is -2.47. The Morgan fingerprint density at radius 2 is 1.02 bits per heavy atom. The number of nitrogens with one attached hydrogen (secondary N) is 2. The highest BCUT2D eigenvalue weighted by Gasteiger charge is 2.29. The van der Waals surface area contributed by atoms with E-state index in [2.05, 4.69) is 20.4 Å². The zero-order valence-electron chi connectivity index (χ0n) is 36.1. The molecular weight excluding hydrogens is 751 g/mol. The van der Waals surface area contributed by atoms with Gasteiger partial charge in [-0.15, -0.1) is 0 Å². The second kappa shape index (κ2) is 18.8. The minimum atomic E-state index is -0.513. The molecule has 0 bridgehead atoms. The smallest absolute Gasteiger partial charge is 0.410 e. The molecule has 0 radical (unpaired) electrons. The van der Waals surface area contributed by atoms with Gasteiger partial charge < -0.3 is 49.0 Å². The van der Waals surface area contributed by atoms with Crippen LogP contribution in [0.4, 0.5) is 28.3 Å². The Kier molecular flexibility index (Phi) is 13.4. The van der Waals surface area contributed by atoms with Crippen LogP contribution in [0.5, 0.6) is 23.0 Å². The number of fused-ring (bicyclic) bond motifs is 2. The maximum atomic E-state index is 12.6. The zero-order chi connectivity index (χ0) is 41.5. The molecule has 4 fully saturated rings. The molecule has 0 unspecified atom stereocenters. The highest BCUT2D eigenvalue weighted by molar-refractivity contribution is 5.94. The highest BCUT2D eigenvalue weighted by Crippen LogP contribution is 2.38. The fourth-order valence-corrected chi connectivity index (χ4v) is 8.44. The summed E-state index contributed by atoms with van der Waals surface area (Å²) in [6.45, 7) is 10.9. The number of likely N-dealkylation sites (tertiary alicyclic amines) is 1. The molecule has 4 aliphatic rings. The molecule has 2 N–H and O–H groups in total. The zero-order valence-corrected chi connectivity index (χ0v) is 36.1. The predicted molar refractivity (Wildman–Crippen MR) is 233 cm³/mol. The quantitative estimate of drug-likeness (QED) is 0.159. The number of rotatable bonds is 10. The van der Waals surface area contributed by atoms with Gasteiger partial charge in [0.2, 0.25) is 11.9 Å². The molecule has 15 heteroatoms. The van der Waals surface area contributed by atoms with Crippen LogP contribution in [0.3, 0.4) is 0 Å².